The van der Waals surface area contributed by atoms with Gasteiger partial charge in [0.05, 0.1) is 4.92 Å². The molecule has 6 nitrogen and oxygen atoms in total. The minimum Gasteiger partial charge on any atom is -0.487 e. The van der Waals surface area contributed by atoms with Crippen molar-refractivity contribution in [2.45, 2.75) is 6.61 Å². The van der Waals surface area contributed by atoms with Gasteiger partial charge < -0.3 is 9.84 Å². The van der Waals surface area contributed by atoms with Crippen molar-refractivity contribution in [1.82, 2.24) is 0 Å². The first-order valence-corrected chi connectivity index (χ1v) is 6.13. The molecule has 0 fully saturated rings. The predicted octanol–water partition coefficient (Wildman–Crippen LogP) is 2.93. The molecule has 0 bridgehead atoms. The lowest BCUT2D eigenvalue weighted by atomic mass is 10.2. The highest BCUT2D eigenvalue weighted by atomic mass is 32.1. The zero-order valence-corrected chi connectivity index (χ0v) is 10.4. The van der Waals surface area contributed by atoms with E-state index in [4.69, 9.17) is 9.84 Å². The highest BCUT2D eigenvalue weighted by Gasteiger charge is 2.17. The summed E-state index contributed by atoms with van der Waals surface area (Å²) >= 11 is 1.48. The van der Waals surface area contributed by atoms with Crippen LogP contribution in [-0.2, 0) is 6.61 Å². The number of nitro benzene ring substituents is 1. The lowest BCUT2D eigenvalue weighted by Gasteiger charge is -2.07. The maximum Gasteiger partial charge on any atom is 0.339 e. The molecule has 0 spiro atoms. The molecule has 0 saturated heterocycles. The molecule has 1 N–H and O–H groups in total. The molecule has 7 heteroatoms. The van der Waals surface area contributed by atoms with Gasteiger partial charge in [-0.05, 0) is 17.5 Å². The molecule has 0 saturated carbocycles. The van der Waals surface area contributed by atoms with Gasteiger partial charge in [-0.2, -0.15) is 0 Å². The summed E-state index contributed by atoms with van der Waals surface area (Å²) in [5, 5.41) is 21.5. The molecule has 1 heterocycles. The van der Waals surface area contributed by atoms with Crippen LogP contribution in [0.2, 0.25) is 0 Å². The van der Waals surface area contributed by atoms with Gasteiger partial charge >= 0.3 is 5.97 Å². The van der Waals surface area contributed by atoms with E-state index in [-0.39, 0.29) is 23.6 Å². The molecule has 0 amide bonds. The van der Waals surface area contributed by atoms with Crippen molar-refractivity contribution in [3.8, 4) is 5.75 Å². The molecule has 1 aromatic heterocycles. The Morgan fingerprint density at radius 3 is 2.79 bits per heavy atom. The van der Waals surface area contributed by atoms with E-state index in [1.165, 1.54) is 23.5 Å². The monoisotopic (exact) mass is 279 g/mol. The summed E-state index contributed by atoms with van der Waals surface area (Å²) in [5.74, 6) is -1.14. The SMILES string of the molecule is O=C(O)c1cc([N+](=O)[O-])ccc1OCc1cccs1. The Balaban J connectivity index is 2.24. The third-order valence-corrected chi connectivity index (χ3v) is 3.20. The zero-order valence-electron chi connectivity index (χ0n) is 9.61. The lowest BCUT2D eigenvalue weighted by molar-refractivity contribution is -0.384. The minimum absolute atomic E-state index is 0.117. The topological polar surface area (TPSA) is 89.7 Å². The van der Waals surface area contributed by atoms with Gasteiger partial charge in [0, 0.05) is 17.0 Å². The smallest absolute Gasteiger partial charge is 0.339 e. The van der Waals surface area contributed by atoms with Crippen LogP contribution in [0, 0.1) is 10.1 Å². The van der Waals surface area contributed by atoms with Gasteiger partial charge in [-0.15, -0.1) is 11.3 Å². The van der Waals surface area contributed by atoms with E-state index in [9.17, 15) is 14.9 Å². The number of ether oxygens (including phenoxy) is 1. The summed E-state index contributed by atoms with van der Waals surface area (Å²) in [6, 6.07) is 7.23. The Bertz CT molecular complexity index is 609. The molecule has 0 aliphatic carbocycles. The first kappa shape index (κ1) is 13.0. The Morgan fingerprint density at radius 1 is 1.42 bits per heavy atom. The second-order valence-electron chi connectivity index (χ2n) is 3.61. The summed E-state index contributed by atoms with van der Waals surface area (Å²) in [7, 11) is 0. The van der Waals surface area contributed by atoms with Crippen molar-refractivity contribution in [2.75, 3.05) is 0 Å². The fourth-order valence-corrected chi connectivity index (χ4v) is 2.08. The summed E-state index contributed by atoms with van der Waals surface area (Å²) < 4.78 is 5.38. The molecule has 2 aromatic rings. The quantitative estimate of drug-likeness (QED) is 0.671. The summed E-state index contributed by atoms with van der Waals surface area (Å²) in [5.41, 5.74) is -0.494. The van der Waals surface area contributed by atoms with Gasteiger partial charge in [-0.3, -0.25) is 10.1 Å². The largest absolute Gasteiger partial charge is 0.487 e. The van der Waals surface area contributed by atoms with Crippen LogP contribution in [0.5, 0.6) is 5.75 Å². The number of carboxylic acids is 1. The number of hydrogen-bond acceptors (Lipinski definition) is 5. The van der Waals surface area contributed by atoms with Crippen LogP contribution in [-0.4, -0.2) is 16.0 Å². The molecule has 2 rings (SSSR count). The molecule has 0 unspecified atom stereocenters. The summed E-state index contributed by atoms with van der Waals surface area (Å²) in [6.45, 7) is 0.232. The van der Waals surface area contributed by atoms with Gasteiger partial charge in [0.25, 0.3) is 5.69 Å². The van der Waals surface area contributed by atoms with Crippen LogP contribution in [0.25, 0.3) is 0 Å². The number of carbonyl (C=O) groups is 1. The van der Waals surface area contributed by atoms with Gasteiger partial charge in [0.1, 0.15) is 17.9 Å². The van der Waals surface area contributed by atoms with Crippen LogP contribution in [0.1, 0.15) is 15.2 Å². The lowest BCUT2D eigenvalue weighted by Crippen LogP contribution is -2.04. The maximum absolute atomic E-state index is 11.1. The van der Waals surface area contributed by atoms with E-state index in [2.05, 4.69) is 0 Å². The molecule has 0 aliphatic heterocycles. The number of nitrogens with zero attached hydrogens (tertiary/aromatic N) is 1. The fraction of sp³-hybridized carbons (Fsp3) is 0.0833. The van der Waals surface area contributed by atoms with E-state index in [1.807, 2.05) is 17.5 Å². The standard InChI is InChI=1S/C12H9NO5S/c14-12(15)10-6-8(13(16)17)3-4-11(10)18-7-9-2-1-5-19-9/h1-6H,7H2,(H,14,15). The van der Waals surface area contributed by atoms with Crippen molar-refractivity contribution in [3.63, 3.8) is 0 Å². The number of benzene rings is 1. The van der Waals surface area contributed by atoms with E-state index < -0.39 is 10.9 Å². The minimum atomic E-state index is -1.26. The zero-order chi connectivity index (χ0) is 13.8. The molecule has 0 aliphatic rings. The summed E-state index contributed by atoms with van der Waals surface area (Å²) in [6.07, 6.45) is 0. The van der Waals surface area contributed by atoms with Gasteiger partial charge in [-0.25, -0.2) is 4.79 Å². The van der Waals surface area contributed by atoms with E-state index >= 15 is 0 Å². The average Bonchev–Trinajstić information content (AvgIpc) is 2.89. The van der Waals surface area contributed by atoms with Gasteiger partial charge in [0.15, 0.2) is 0 Å². The molecule has 19 heavy (non-hydrogen) atoms. The van der Waals surface area contributed by atoms with Crippen LogP contribution in [0.3, 0.4) is 0 Å². The van der Waals surface area contributed by atoms with E-state index in [0.717, 1.165) is 10.9 Å². The van der Waals surface area contributed by atoms with Crippen LogP contribution in [0.15, 0.2) is 35.7 Å². The van der Waals surface area contributed by atoms with Crippen molar-refractivity contribution in [3.05, 3.63) is 56.3 Å². The normalized spacial score (nSPS) is 10.1. The molecular weight excluding hydrogens is 270 g/mol. The third kappa shape index (κ3) is 3.08. The first-order valence-electron chi connectivity index (χ1n) is 5.25. The van der Waals surface area contributed by atoms with Crippen LogP contribution >= 0.6 is 11.3 Å². The maximum atomic E-state index is 11.1. The molecule has 0 radical (unpaired) electrons. The Kier molecular flexibility index (Phi) is 3.76. The number of rotatable bonds is 5. The molecular formula is C12H9NO5S. The number of carboxylic acid groups (broad SMARTS) is 1. The number of thiophene rings is 1. The number of aromatic carboxylic acids is 1. The summed E-state index contributed by atoms with van der Waals surface area (Å²) in [4.78, 5) is 22.0. The Hall–Kier alpha value is -2.41. The Morgan fingerprint density at radius 2 is 2.21 bits per heavy atom. The van der Waals surface area contributed by atoms with Crippen LogP contribution in [0.4, 0.5) is 5.69 Å². The van der Waals surface area contributed by atoms with Gasteiger partial charge in [0.2, 0.25) is 0 Å². The highest BCUT2D eigenvalue weighted by Crippen LogP contribution is 2.25. The van der Waals surface area contributed by atoms with Gasteiger partial charge in [-0.1, -0.05) is 6.07 Å². The second kappa shape index (κ2) is 5.49. The van der Waals surface area contributed by atoms with Crippen molar-refractivity contribution >= 4 is 23.0 Å². The van der Waals surface area contributed by atoms with Crippen molar-refractivity contribution in [2.24, 2.45) is 0 Å². The Labute approximate surface area is 112 Å². The van der Waals surface area contributed by atoms with E-state index in [1.54, 1.807) is 0 Å². The average molecular weight is 279 g/mol. The predicted molar refractivity (Wildman–Crippen MR) is 68.7 cm³/mol. The second-order valence-corrected chi connectivity index (χ2v) is 4.64. The number of non-ortho nitro benzene ring substituents is 1. The van der Waals surface area contributed by atoms with E-state index in [0.29, 0.717) is 0 Å². The number of hydrogen-bond donors (Lipinski definition) is 1. The first-order chi connectivity index (χ1) is 9.08. The molecule has 98 valence electrons. The molecule has 0 atom stereocenters. The highest BCUT2D eigenvalue weighted by molar-refractivity contribution is 7.09. The third-order valence-electron chi connectivity index (χ3n) is 2.35. The van der Waals surface area contributed by atoms with Crippen molar-refractivity contribution in [1.29, 1.82) is 0 Å². The van der Waals surface area contributed by atoms with Crippen LogP contribution < -0.4 is 4.74 Å². The fourth-order valence-electron chi connectivity index (χ4n) is 1.47. The number of nitro groups is 1. The van der Waals surface area contributed by atoms with Crippen molar-refractivity contribution < 1.29 is 19.6 Å². The molecule has 1 aromatic carbocycles.